The van der Waals surface area contributed by atoms with Gasteiger partial charge in [0.1, 0.15) is 0 Å². The first-order valence-corrected chi connectivity index (χ1v) is 6.39. The van der Waals surface area contributed by atoms with Gasteiger partial charge in [0.15, 0.2) is 5.12 Å². The molecule has 1 atom stereocenters. The molecule has 0 fully saturated rings. The van der Waals surface area contributed by atoms with E-state index in [-0.39, 0.29) is 16.3 Å². The minimum Gasteiger partial charge on any atom is -0.466 e. The summed E-state index contributed by atoms with van der Waals surface area (Å²) >= 11 is 1.21. The van der Waals surface area contributed by atoms with Crippen LogP contribution in [0.3, 0.4) is 0 Å². The number of carbonyl (C=O) groups is 2. The highest BCUT2D eigenvalue weighted by atomic mass is 32.2. The summed E-state index contributed by atoms with van der Waals surface area (Å²) in [5.74, 6) is -0.464. The molecule has 4 nitrogen and oxygen atoms in total. The summed E-state index contributed by atoms with van der Waals surface area (Å²) in [6.07, 6.45) is 4.88. The Morgan fingerprint density at radius 1 is 1.33 bits per heavy atom. The summed E-state index contributed by atoms with van der Waals surface area (Å²) < 4.78 is 4.25. The standard InChI is InChI=1S/C13H20O4S/c1-13(2,3)18-12(16)9-10(14)7-5-6-8-11(15)17-4/h5-8,10,14H,9H2,1-4H3/b7-5+,8-6-/t10-/m0/s1. The van der Waals surface area contributed by atoms with Gasteiger partial charge < -0.3 is 9.84 Å². The maximum Gasteiger partial charge on any atom is 0.330 e. The van der Waals surface area contributed by atoms with Crippen LogP contribution in [0.5, 0.6) is 0 Å². The van der Waals surface area contributed by atoms with Gasteiger partial charge in [0.05, 0.1) is 13.2 Å². The number of hydrogen-bond donors (Lipinski definition) is 1. The molecule has 0 saturated carbocycles. The van der Waals surface area contributed by atoms with Crippen molar-refractivity contribution in [2.75, 3.05) is 7.11 Å². The summed E-state index contributed by atoms with van der Waals surface area (Å²) in [7, 11) is 1.29. The second-order valence-corrected chi connectivity index (χ2v) is 6.51. The van der Waals surface area contributed by atoms with Crippen molar-refractivity contribution >= 4 is 22.8 Å². The van der Waals surface area contributed by atoms with Gasteiger partial charge in [0, 0.05) is 17.2 Å². The SMILES string of the molecule is COC(=O)/C=C\C=C\[C@H](O)CC(=O)SC(C)(C)C. The lowest BCUT2D eigenvalue weighted by Gasteiger charge is -2.16. The number of carbonyl (C=O) groups excluding carboxylic acids is 2. The zero-order chi connectivity index (χ0) is 14.2. The summed E-state index contributed by atoms with van der Waals surface area (Å²) in [6.45, 7) is 5.82. The van der Waals surface area contributed by atoms with Crippen molar-refractivity contribution in [2.45, 2.75) is 38.0 Å². The lowest BCUT2D eigenvalue weighted by Crippen LogP contribution is -2.15. The van der Waals surface area contributed by atoms with Crippen molar-refractivity contribution in [3.8, 4) is 0 Å². The molecule has 0 aromatic rings. The predicted octanol–water partition coefficient (Wildman–Crippen LogP) is 2.08. The normalized spacial score (nSPS) is 14.1. The summed E-state index contributed by atoms with van der Waals surface area (Å²) in [5.41, 5.74) is 0. The molecule has 0 aliphatic carbocycles. The topological polar surface area (TPSA) is 63.6 Å². The predicted molar refractivity (Wildman–Crippen MR) is 73.3 cm³/mol. The number of aliphatic hydroxyl groups excluding tert-OH is 1. The molecule has 0 radical (unpaired) electrons. The number of rotatable bonds is 5. The fourth-order valence-corrected chi connectivity index (χ4v) is 1.95. The van der Waals surface area contributed by atoms with E-state index >= 15 is 0 Å². The van der Waals surface area contributed by atoms with Crippen molar-refractivity contribution in [1.82, 2.24) is 0 Å². The van der Waals surface area contributed by atoms with E-state index in [1.54, 1.807) is 0 Å². The molecule has 0 heterocycles. The van der Waals surface area contributed by atoms with E-state index in [1.165, 1.54) is 43.2 Å². The first kappa shape index (κ1) is 16.9. The van der Waals surface area contributed by atoms with Crippen LogP contribution in [0.25, 0.3) is 0 Å². The summed E-state index contributed by atoms with van der Waals surface area (Å²) in [4.78, 5) is 22.3. The Hall–Kier alpha value is -1.07. The highest BCUT2D eigenvalue weighted by molar-refractivity contribution is 8.14. The van der Waals surface area contributed by atoms with Crippen LogP contribution in [0.1, 0.15) is 27.2 Å². The third-order valence-corrected chi connectivity index (χ3v) is 2.68. The summed E-state index contributed by atoms with van der Waals surface area (Å²) in [6, 6.07) is 0. The minimum atomic E-state index is -0.838. The van der Waals surface area contributed by atoms with Crippen molar-refractivity contribution in [1.29, 1.82) is 0 Å². The maximum atomic E-state index is 11.5. The van der Waals surface area contributed by atoms with Gasteiger partial charge >= 0.3 is 5.97 Å². The lowest BCUT2D eigenvalue weighted by molar-refractivity contribution is -0.134. The highest BCUT2D eigenvalue weighted by Crippen LogP contribution is 2.25. The van der Waals surface area contributed by atoms with E-state index in [0.29, 0.717) is 0 Å². The number of ether oxygens (including phenoxy) is 1. The smallest absolute Gasteiger partial charge is 0.330 e. The van der Waals surface area contributed by atoms with Crippen LogP contribution in [0.2, 0.25) is 0 Å². The second-order valence-electron chi connectivity index (χ2n) is 4.63. The monoisotopic (exact) mass is 272 g/mol. The largest absolute Gasteiger partial charge is 0.466 e. The molecule has 0 unspecified atom stereocenters. The van der Waals surface area contributed by atoms with E-state index in [9.17, 15) is 14.7 Å². The Labute approximate surface area is 112 Å². The van der Waals surface area contributed by atoms with Crippen molar-refractivity contribution in [2.24, 2.45) is 0 Å². The van der Waals surface area contributed by atoms with Gasteiger partial charge in [-0.2, -0.15) is 0 Å². The van der Waals surface area contributed by atoms with Crippen LogP contribution in [-0.2, 0) is 14.3 Å². The minimum absolute atomic E-state index is 0.0587. The molecule has 0 amide bonds. The van der Waals surface area contributed by atoms with Crippen molar-refractivity contribution in [3.05, 3.63) is 24.3 Å². The van der Waals surface area contributed by atoms with Gasteiger partial charge in [0.2, 0.25) is 0 Å². The van der Waals surface area contributed by atoms with Crippen LogP contribution in [-0.4, -0.2) is 34.2 Å². The fraction of sp³-hybridized carbons (Fsp3) is 0.538. The van der Waals surface area contributed by atoms with Crippen LogP contribution in [0, 0.1) is 0 Å². The fourth-order valence-electron chi connectivity index (χ4n) is 1.02. The van der Waals surface area contributed by atoms with Crippen molar-refractivity contribution in [3.63, 3.8) is 0 Å². The first-order chi connectivity index (χ1) is 8.24. The number of allylic oxidation sites excluding steroid dienone is 2. The molecule has 5 heteroatoms. The summed E-state index contributed by atoms with van der Waals surface area (Å²) in [5, 5.41) is 9.51. The number of methoxy groups -OCH3 is 1. The van der Waals surface area contributed by atoms with Gasteiger partial charge in [-0.3, -0.25) is 4.79 Å². The Morgan fingerprint density at radius 3 is 2.44 bits per heavy atom. The van der Waals surface area contributed by atoms with Crippen LogP contribution in [0.4, 0.5) is 0 Å². The van der Waals surface area contributed by atoms with E-state index in [0.717, 1.165) is 0 Å². The average molecular weight is 272 g/mol. The van der Waals surface area contributed by atoms with Gasteiger partial charge in [-0.1, -0.05) is 50.8 Å². The molecule has 0 saturated heterocycles. The maximum absolute atomic E-state index is 11.5. The highest BCUT2D eigenvalue weighted by Gasteiger charge is 2.18. The Bertz CT molecular complexity index is 339. The molecule has 18 heavy (non-hydrogen) atoms. The van der Waals surface area contributed by atoms with Crippen LogP contribution < -0.4 is 0 Å². The lowest BCUT2D eigenvalue weighted by atomic mass is 10.2. The molecule has 0 aromatic heterocycles. The molecular weight excluding hydrogens is 252 g/mol. The number of thioether (sulfide) groups is 1. The van der Waals surface area contributed by atoms with Gasteiger partial charge in [0.25, 0.3) is 0 Å². The Morgan fingerprint density at radius 2 is 1.94 bits per heavy atom. The molecule has 0 aromatic carbocycles. The average Bonchev–Trinajstić information content (AvgIpc) is 2.21. The van der Waals surface area contributed by atoms with Crippen LogP contribution >= 0.6 is 11.8 Å². The number of esters is 1. The molecule has 1 N–H and O–H groups in total. The van der Waals surface area contributed by atoms with Crippen LogP contribution in [0.15, 0.2) is 24.3 Å². The Kier molecular flexibility index (Phi) is 7.62. The van der Waals surface area contributed by atoms with E-state index in [4.69, 9.17) is 0 Å². The third-order valence-electron chi connectivity index (χ3n) is 1.67. The number of aliphatic hydroxyl groups is 1. The first-order valence-electron chi connectivity index (χ1n) is 5.57. The number of hydrogen-bond acceptors (Lipinski definition) is 5. The zero-order valence-electron chi connectivity index (χ0n) is 11.2. The molecule has 102 valence electrons. The molecule has 0 aliphatic rings. The van der Waals surface area contributed by atoms with Gasteiger partial charge in [-0.15, -0.1) is 0 Å². The van der Waals surface area contributed by atoms with E-state index in [2.05, 4.69) is 4.74 Å². The quantitative estimate of drug-likeness (QED) is 0.471. The van der Waals surface area contributed by atoms with E-state index in [1.807, 2.05) is 20.8 Å². The third kappa shape index (κ3) is 10.1. The molecular formula is C13H20O4S. The second kappa shape index (κ2) is 8.11. The molecule has 0 bridgehead atoms. The van der Waals surface area contributed by atoms with E-state index < -0.39 is 12.1 Å². The molecule has 0 rings (SSSR count). The van der Waals surface area contributed by atoms with Crippen molar-refractivity contribution < 1.29 is 19.4 Å². The zero-order valence-corrected chi connectivity index (χ0v) is 12.0. The Balaban J connectivity index is 4.07. The molecule has 0 spiro atoms. The molecule has 0 aliphatic heterocycles. The van der Waals surface area contributed by atoms with Gasteiger partial charge in [-0.05, 0) is 0 Å². The van der Waals surface area contributed by atoms with Gasteiger partial charge in [-0.25, -0.2) is 4.79 Å².